The summed E-state index contributed by atoms with van der Waals surface area (Å²) in [4.78, 5) is 14.9. The van der Waals surface area contributed by atoms with Gasteiger partial charge in [-0.05, 0) is 48.2 Å². The van der Waals surface area contributed by atoms with Crippen LogP contribution < -0.4 is 10.1 Å². The molecule has 0 bridgehead atoms. The van der Waals surface area contributed by atoms with Gasteiger partial charge < -0.3 is 14.8 Å². The number of methoxy groups -OCH3 is 1. The van der Waals surface area contributed by atoms with Crippen molar-refractivity contribution in [3.63, 3.8) is 0 Å². The second-order valence-electron chi connectivity index (χ2n) is 7.34. The maximum atomic E-state index is 12.6. The number of amides is 1. The molecule has 1 fully saturated rings. The Kier molecular flexibility index (Phi) is 7.06. The average molecular weight is 383 g/mol. The van der Waals surface area contributed by atoms with E-state index in [4.69, 9.17) is 9.47 Å². The van der Waals surface area contributed by atoms with Gasteiger partial charge in [0, 0.05) is 19.6 Å². The smallest absolute Gasteiger partial charge is 0.224 e. The van der Waals surface area contributed by atoms with Gasteiger partial charge in [-0.2, -0.15) is 0 Å². The number of ether oxygens (including phenoxy) is 2. The lowest BCUT2D eigenvalue weighted by molar-refractivity contribution is -0.120. The van der Waals surface area contributed by atoms with E-state index in [0.29, 0.717) is 13.0 Å². The van der Waals surface area contributed by atoms with E-state index in [1.165, 1.54) is 16.7 Å². The number of rotatable bonds is 7. The van der Waals surface area contributed by atoms with Crippen LogP contribution >= 0.6 is 0 Å². The number of morpholine rings is 1. The quantitative estimate of drug-likeness (QED) is 0.800. The number of aryl methyl sites for hydroxylation is 2. The van der Waals surface area contributed by atoms with Crippen molar-refractivity contribution in [1.29, 1.82) is 0 Å². The van der Waals surface area contributed by atoms with Crippen LogP contribution in [0.1, 0.15) is 28.3 Å². The van der Waals surface area contributed by atoms with Crippen molar-refractivity contribution in [3.8, 4) is 5.75 Å². The Hall–Kier alpha value is -2.37. The molecule has 28 heavy (non-hydrogen) atoms. The van der Waals surface area contributed by atoms with Crippen LogP contribution in [0.4, 0.5) is 0 Å². The minimum Gasteiger partial charge on any atom is -0.497 e. The van der Waals surface area contributed by atoms with Gasteiger partial charge >= 0.3 is 0 Å². The normalized spacial score (nSPS) is 15.8. The number of benzene rings is 2. The summed E-state index contributed by atoms with van der Waals surface area (Å²) in [5, 5.41) is 3.14. The summed E-state index contributed by atoms with van der Waals surface area (Å²) >= 11 is 0. The van der Waals surface area contributed by atoms with Crippen molar-refractivity contribution in [2.75, 3.05) is 40.0 Å². The molecule has 2 aromatic carbocycles. The first-order valence-corrected chi connectivity index (χ1v) is 9.85. The number of carbonyl (C=O) groups excluding carboxylic acids is 1. The highest BCUT2D eigenvalue weighted by Crippen LogP contribution is 2.23. The highest BCUT2D eigenvalue weighted by molar-refractivity contribution is 5.78. The van der Waals surface area contributed by atoms with Gasteiger partial charge in [-0.3, -0.25) is 9.69 Å². The molecule has 3 rings (SSSR count). The third-order valence-electron chi connectivity index (χ3n) is 5.42. The van der Waals surface area contributed by atoms with Gasteiger partial charge in [-0.1, -0.05) is 30.3 Å². The molecule has 5 nitrogen and oxygen atoms in total. The highest BCUT2D eigenvalue weighted by atomic mass is 16.5. The summed E-state index contributed by atoms with van der Waals surface area (Å²) in [6.45, 7) is 7.92. The number of nitrogens with zero attached hydrogens (tertiary/aromatic N) is 1. The third kappa shape index (κ3) is 5.33. The molecule has 0 aliphatic carbocycles. The molecule has 1 heterocycles. The van der Waals surface area contributed by atoms with Crippen molar-refractivity contribution < 1.29 is 14.3 Å². The molecule has 0 saturated carbocycles. The molecule has 1 aliphatic rings. The van der Waals surface area contributed by atoms with Gasteiger partial charge in [0.05, 0.1) is 32.8 Å². The lowest BCUT2D eigenvalue weighted by Gasteiger charge is -2.35. The fourth-order valence-electron chi connectivity index (χ4n) is 3.54. The van der Waals surface area contributed by atoms with E-state index in [2.05, 4.69) is 48.3 Å². The first-order valence-electron chi connectivity index (χ1n) is 9.85. The van der Waals surface area contributed by atoms with E-state index >= 15 is 0 Å². The predicted octanol–water partition coefficient (Wildman–Crippen LogP) is 3.04. The molecule has 5 heteroatoms. The highest BCUT2D eigenvalue weighted by Gasteiger charge is 2.23. The van der Waals surface area contributed by atoms with Gasteiger partial charge in [0.15, 0.2) is 0 Å². The van der Waals surface area contributed by atoms with Crippen LogP contribution in [0.3, 0.4) is 0 Å². The molecule has 1 amide bonds. The second-order valence-corrected chi connectivity index (χ2v) is 7.34. The van der Waals surface area contributed by atoms with Gasteiger partial charge in [-0.25, -0.2) is 0 Å². The number of hydrogen-bond acceptors (Lipinski definition) is 4. The van der Waals surface area contributed by atoms with Gasteiger partial charge in [-0.15, -0.1) is 0 Å². The van der Waals surface area contributed by atoms with Crippen LogP contribution in [-0.2, 0) is 16.0 Å². The summed E-state index contributed by atoms with van der Waals surface area (Å²) in [7, 11) is 1.67. The molecule has 0 spiro atoms. The standard InChI is InChI=1S/C23H30N2O3/c1-17-4-5-19(14-18(17)2)15-23(26)24-16-22(25-10-12-28-13-11-25)20-6-8-21(27-3)9-7-20/h4-9,14,22H,10-13,15-16H2,1-3H3,(H,24,26). The van der Waals surface area contributed by atoms with E-state index < -0.39 is 0 Å². The van der Waals surface area contributed by atoms with Crippen LogP contribution in [0, 0.1) is 13.8 Å². The van der Waals surface area contributed by atoms with Crippen LogP contribution in [-0.4, -0.2) is 50.8 Å². The molecule has 1 aliphatic heterocycles. The maximum Gasteiger partial charge on any atom is 0.224 e. The lowest BCUT2D eigenvalue weighted by Crippen LogP contribution is -2.44. The Bertz CT molecular complexity index is 783. The molecule has 0 radical (unpaired) electrons. The zero-order valence-corrected chi connectivity index (χ0v) is 17.0. The summed E-state index contributed by atoms with van der Waals surface area (Å²) in [6, 6.07) is 14.4. The monoisotopic (exact) mass is 382 g/mol. The maximum absolute atomic E-state index is 12.6. The minimum atomic E-state index is 0.0509. The summed E-state index contributed by atoms with van der Waals surface area (Å²) in [6.07, 6.45) is 0.402. The van der Waals surface area contributed by atoms with E-state index in [-0.39, 0.29) is 11.9 Å². The van der Waals surface area contributed by atoms with Crippen molar-refractivity contribution in [3.05, 3.63) is 64.7 Å². The topological polar surface area (TPSA) is 50.8 Å². The van der Waals surface area contributed by atoms with Crippen LogP contribution in [0.5, 0.6) is 5.75 Å². The van der Waals surface area contributed by atoms with E-state index in [9.17, 15) is 4.79 Å². The van der Waals surface area contributed by atoms with Crippen molar-refractivity contribution >= 4 is 5.91 Å². The van der Waals surface area contributed by atoms with Gasteiger partial charge in [0.25, 0.3) is 0 Å². The predicted molar refractivity (Wildman–Crippen MR) is 111 cm³/mol. The fourth-order valence-corrected chi connectivity index (χ4v) is 3.54. The molecule has 1 saturated heterocycles. The van der Waals surface area contributed by atoms with Gasteiger partial charge in [0.2, 0.25) is 5.91 Å². The number of carbonyl (C=O) groups is 1. The number of nitrogens with one attached hydrogen (secondary N) is 1. The lowest BCUT2D eigenvalue weighted by atomic mass is 10.0. The summed E-state index contributed by atoms with van der Waals surface area (Å²) in [5.41, 5.74) is 4.69. The Morgan fingerprint density at radius 2 is 1.82 bits per heavy atom. The number of hydrogen-bond donors (Lipinski definition) is 1. The summed E-state index contributed by atoms with van der Waals surface area (Å²) < 4.78 is 10.8. The molecule has 2 aromatic rings. The SMILES string of the molecule is COc1ccc(C(CNC(=O)Cc2ccc(C)c(C)c2)N2CCOCC2)cc1. The second kappa shape index (κ2) is 9.71. The van der Waals surface area contributed by atoms with E-state index in [1.54, 1.807) is 7.11 Å². The Balaban J connectivity index is 1.66. The molecule has 1 N–H and O–H groups in total. The molecule has 1 atom stereocenters. The van der Waals surface area contributed by atoms with Crippen molar-refractivity contribution in [2.24, 2.45) is 0 Å². The average Bonchev–Trinajstić information content (AvgIpc) is 2.72. The molecule has 0 aromatic heterocycles. The molecule has 150 valence electrons. The van der Waals surface area contributed by atoms with Crippen molar-refractivity contribution in [1.82, 2.24) is 10.2 Å². The largest absolute Gasteiger partial charge is 0.497 e. The zero-order chi connectivity index (χ0) is 19.9. The Labute approximate surface area is 167 Å². The molecule has 1 unspecified atom stereocenters. The fraction of sp³-hybridized carbons (Fsp3) is 0.435. The first kappa shape index (κ1) is 20.4. The third-order valence-corrected chi connectivity index (χ3v) is 5.42. The summed E-state index contributed by atoms with van der Waals surface area (Å²) in [5.74, 6) is 0.887. The Morgan fingerprint density at radius 1 is 1.11 bits per heavy atom. The zero-order valence-electron chi connectivity index (χ0n) is 17.0. The van der Waals surface area contributed by atoms with Crippen LogP contribution in [0.15, 0.2) is 42.5 Å². The molecular weight excluding hydrogens is 352 g/mol. The minimum absolute atomic E-state index is 0.0509. The van der Waals surface area contributed by atoms with Crippen LogP contribution in [0.2, 0.25) is 0 Å². The van der Waals surface area contributed by atoms with Gasteiger partial charge in [0.1, 0.15) is 5.75 Å². The van der Waals surface area contributed by atoms with E-state index in [1.807, 2.05) is 18.2 Å². The molecular formula is C23H30N2O3. The van der Waals surface area contributed by atoms with E-state index in [0.717, 1.165) is 37.6 Å². The van der Waals surface area contributed by atoms with Crippen LogP contribution in [0.25, 0.3) is 0 Å². The first-order chi connectivity index (χ1) is 13.6. The van der Waals surface area contributed by atoms with Crippen molar-refractivity contribution in [2.45, 2.75) is 26.3 Å². The Morgan fingerprint density at radius 3 is 2.46 bits per heavy atom.